The second-order valence-electron chi connectivity index (χ2n) is 2.99. The second kappa shape index (κ2) is 5.51. The molecule has 0 amide bonds. The Morgan fingerprint density at radius 2 is 2.12 bits per heavy atom. The molecule has 1 aromatic rings. The molecule has 17 heavy (non-hydrogen) atoms. The van der Waals surface area contributed by atoms with Crippen LogP contribution >= 0.6 is 0 Å². The lowest BCUT2D eigenvalue weighted by Gasteiger charge is -2.03. The Bertz CT molecular complexity index is 524. The molecule has 0 fully saturated rings. The number of hydrogen-bond acceptors (Lipinski definition) is 6. The quantitative estimate of drug-likeness (QED) is 0.247. The number of benzene rings is 1. The molecule has 0 aromatic heterocycles. The van der Waals surface area contributed by atoms with Gasteiger partial charge in [-0.05, 0) is 6.07 Å². The van der Waals surface area contributed by atoms with Crippen LogP contribution in [-0.4, -0.2) is 26.2 Å². The molecule has 0 aliphatic rings. The average Bonchev–Trinajstić information content (AvgIpc) is 2.29. The van der Waals surface area contributed by atoms with Crippen molar-refractivity contribution in [2.45, 2.75) is 11.3 Å². The molecule has 1 aromatic carbocycles. The first kappa shape index (κ1) is 13.3. The minimum absolute atomic E-state index is 0.0614. The van der Waals surface area contributed by atoms with Gasteiger partial charge in [0.05, 0.1) is 11.5 Å². The van der Waals surface area contributed by atoms with E-state index in [-0.39, 0.29) is 23.6 Å². The molecular formula is C9H9NO6S. The van der Waals surface area contributed by atoms with Gasteiger partial charge >= 0.3 is 0 Å². The van der Waals surface area contributed by atoms with Crippen molar-refractivity contribution in [3.05, 3.63) is 34.4 Å². The van der Waals surface area contributed by atoms with Gasteiger partial charge in [-0.25, -0.2) is 0 Å². The predicted octanol–water partition coefficient (Wildman–Crippen LogP) is 0.889. The van der Waals surface area contributed by atoms with Crippen molar-refractivity contribution in [2.24, 2.45) is 0 Å². The lowest BCUT2D eigenvalue weighted by Crippen LogP contribution is -2.08. The van der Waals surface area contributed by atoms with Crippen LogP contribution in [0.3, 0.4) is 0 Å². The number of nitrogens with zero attached hydrogens (tertiary/aromatic N) is 1. The summed E-state index contributed by atoms with van der Waals surface area (Å²) in [4.78, 5) is 19.5. The van der Waals surface area contributed by atoms with E-state index < -0.39 is 15.0 Å². The molecule has 0 heterocycles. The summed E-state index contributed by atoms with van der Waals surface area (Å²) in [7, 11) is -4.05. The Labute approximate surface area is 97.3 Å². The van der Waals surface area contributed by atoms with Crippen molar-refractivity contribution in [2.75, 3.05) is 6.61 Å². The van der Waals surface area contributed by atoms with Gasteiger partial charge in [-0.1, -0.05) is 6.07 Å². The fourth-order valence-electron chi connectivity index (χ4n) is 1.03. The van der Waals surface area contributed by atoms with Crippen LogP contribution in [0.25, 0.3) is 0 Å². The van der Waals surface area contributed by atoms with Crippen LogP contribution in [0.4, 0.5) is 5.69 Å². The summed E-state index contributed by atoms with van der Waals surface area (Å²) in [6.07, 6.45) is 0.455. The summed E-state index contributed by atoms with van der Waals surface area (Å²) < 4.78 is 27.6. The third kappa shape index (κ3) is 3.61. The zero-order valence-electron chi connectivity index (χ0n) is 8.61. The van der Waals surface area contributed by atoms with Crippen LogP contribution in [-0.2, 0) is 19.1 Å². The first-order valence-corrected chi connectivity index (χ1v) is 5.96. The molecule has 0 saturated carbocycles. The summed E-state index contributed by atoms with van der Waals surface area (Å²) in [5.74, 6) is 0. The number of hydrogen-bond donors (Lipinski definition) is 0. The van der Waals surface area contributed by atoms with E-state index in [0.717, 1.165) is 6.07 Å². The fraction of sp³-hybridized carbons (Fsp3) is 0.222. The lowest BCUT2D eigenvalue weighted by molar-refractivity contribution is -0.385. The van der Waals surface area contributed by atoms with Crippen LogP contribution in [0, 0.1) is 10.1 Å². The van der Waals surface area contributed by atoms with Gasteiger partial charge in [0, 0.05) is 18.6 Å². The van der Waals surface area contributed by atoms with E-state index in [9.17, 15) is 23.3 Å². The summed E-state index contributed by atoms with van der Waals surface area (Å²) in [5, 5.41) is 10.5. The monoisotopic (exact) mass is 259 g/mol. The highest BCUT2D eigenvalue weighted by atomic mass is 32.2. The number of aldehydes is 1. The van der Waals surface area contributed by atoms with E-state index in [4.69, 9.17) is 0 Å². The SMILES string of the molecule is O=CCCOS(=O)(=O)c1cccc([N+](=O)[O-])c1. The molecule has 0 spiro atoms. The van der Waals surface area contributed by atoms with Crippen molar-refractivity contribution < 1.29 is 22.3 Å². The van der Waals surface area contributed by atoms with Crippen LogP contribution < -0.4 is 0 Å². The maximum atomic E-state index is 11.5. The number of nitro benzene ring substituents is 1. The summed E-state index contributed by atoms with van der Waals surface area (Å²) in [6, 6.07) is 4.50. The predicted molar refractivity (Wildman–Crippen MR) is 56.9 cm³/mol. The molecule has 0 saturated heterocycles. The Morgan fingerprint density at radius 1 is 1.41 bits per heavy atom. The van der Waals surface area contributed by atoms with Crippen molar-refractivity contribution in [1.82, 2.24) is 0 Å². The van der Waals surface area contributed by atoms with Crippen molar-refractivity contribution in [3.8, 4) is 0 Å². The third-order valence-electron chi connectivity index (χ3n) is 1.79. The number of carbonyl (C=O) groups is 1. The minimum atomic E-state index is -4.05. The van der Waals surface area contributed by atoms with E-state index in [1.165, 1.54) is 18.2 Å². The van der Waals surface area contributed by atoms with Gasteiger partial charge in [-0.3, -0.25) is 14.3 Å². The van der Waals surface area contributed by atoms with Crippen LogP contribution in [0.15, 0.2) is 29.2 Å². The first-order valence-electron chi connectivity index (χ1n) is 4.55. The number of carbonyl (C=O) groups excluding carboxylic acids is 1. The standard InChI is InChI=1S/C9H9NO6S/c11-5-2-6-16-17(14,15)9-4-1-3-8(7-9)10(12)13/h1,3-5,7H,2,6H2. The van der Waals surface area contributed by atoms with Crippen LogP contribution in [0.5, 0.6) is 0 Å². The smallest absolute Gasteiger partial charge is 0.297 e. The van der Waals surface area contributed by atoms with Crippen LogP contribution in [0.1, 0.15) is 6.42 Å². The second-order valence-corrected chi connectivity index (χ2v) is 4.60. The van der Waals surface area contributed by atoms with E-state index in [2.05, 4.69) is 4.18 Å². The molecule has 0 unspecified atom stereocenters. The van der Waals surface area contributed by atoms with Gasteiger partial charge in [0.1, 0.15) is 11.2 Å². The molecular weight excluding hydrogens is 250 g/mol. The van der Waals surface area contributed by atoms with Gasteiger partial charge in [-0.15, -0.1) is 0 Å². The highest BCUT2D eigenvalue weighted by Crippen LogP contribution is 2.18. The van der Waals surface area contributed by atoms with Crippen LogP contribution in [0.2, 0.25) is 0 Å². The van der Waals surface area contributed by atoms with E-state index >= 15 is 0 Å². The average molecular weight is 259 g/mol. The summed E-state index contributed by atoms with van der Waals surface area (Å²) >= 11 is 0. The zero-order chi connectivity index (χ0) is 12.9. The summed E-state index contributed by atoms with van der Waals surface area (Å²) in [5.41, 5.74) is -0.343. The first-order chi connectivity index (χ1) is 7.97. The molecule has 0 N–H and O–H groups in total. The molecule has 0 aliphatic carbocycles. The molecule has 8 heteroatoms. The van der Waals surface area contributed by atoms with Gasteiger partial charge in [0.2, 0.25) is 0 Å². The molecule has 92 valence electrons. The number of nitro groups is 1. The molecule has 0 radical (unpaired) electrons. The highest BCUT2D eigenvalue weighted by molar-refractivity contribution is 7.86. The normalized spacial score (nSPS) is 11.1. The van der Waals surface area contributed by atoms with Crippen molar-refractivity contribution >= 4 is 22.1 Å². The Morgan fingerprint density at radius 3 is 2.71 bits per heavy atom. The maximum absolute atomic E-state index is 11.5. The maximum Gasteiger partial charge on any atom is 0.297 e. The van der Waals surface area contributed by atoms with Crippen molar-refractivity contribution in [3.63, 3.8) is 0 Å². The van der Waals surface area contributed by atoms with Gasteiger partial charge in [0.25, 0.3) is 15.8 Å². The number of rotatable bonds is 6. The minimum Gasteiger partial charge on any atom is -0.303 e. The Hall–Kier alpha value is -1.80. The highest BCUT2D eigenvalue weighted by Gasteiger charge is 2.18. The molecule has 0 aliphatic heterocycles. The Balaban J connectivity index is 2.94. The molecule has 0 bridgehead atoms. The third-order valence-corrected chi connectivity index (χ3v) is 3.10. The topological polar surface area (TPSA) is 104 Å². The Kier molecular flexibility index (Phi) is 4.30. The lowest BCUT2D eigenvalue weighted by atomic mass is 10.3. The zero-order valence-corrected chi connectivity index (χ0v) is 9.42. The molecule has 1 rings (SSSR count). The summed E-state index contributed by atoms with van der Waals surface area (Å²) in [6.45, 7) is -0.283. The number of non-ortho nitro benzene ring substituents is 1. The van der Waals surface area contributed by atoms with E-state index in [1.807, 2.05) is 0 Å². The molecule has 0 atom stereocenters. The molecule has 7 nitrogen and oxygen atoms in total. The van der Waals surface area contributed by atoms with Crippen molar-refractivity contribution in [1.29, 1.82) is 0 Å². The van der Waals surface area contributed by atoms with E-state index in [1.54, 1.807) is 0 Å². The largest absolute Gasteiger partial charge is 0.303 e. The van der Waals surface area contributed by atoms with E-state index in [0.29, 0.717) is 6.29 Å². The van der Waals surface area contributed by atoms with Gasteiger partial charge in [-0.2, -0.15) is 8.42 Å². The van der Waals surface area contributed by atoms with Gasteiger partial charge in [0.15, 0.2) is 0 Å². The van der Waals surface area contributed by atoms with Gasteiger partial charge < -0.3 is 4.79 Å². The fourth-order valence-corrected chi connectivity index (χ4v) is 1.99.